The van der Waals surface area contributed by atoms with Crippen LogP contribution in [0.1, 0.15) is 36.7 Å². The molecule has 9 heteroatoms. The van der Waals surface area contributed by atoms with Crippen molar-refractivity contribution in [2.24, 2.45) is 0 Å². The van der Waals surface area contributed by atoms with Crippen LogP contribution in [-0.4, -0.2) is 32.4 Å². The van der Waals surface area contributed by atoms with Crippen molar-refractivity contribution in [3.63, 3.8) is 0 Å². The van der Waals surface area contributed by atoms with Crippen molar-refractivity contribution in [2.45, 2.75) is 44.7 Å². The second-order valence-corrected chi connectivity index (χ2v) is 8.59. The fraction of sp³-hybridized carbons (Fsp3) is 0.300. The molecule has 2 aromatic rings. The summed E-state index contributed by atoms with van der Waals surface area (Å²) < 4.78 is 31.9. The molecule has 2 aromatic carbocycles. The van der Waals surface area contributed by atoms with Crippen molar-refractivity contribution >= 4 is 33.3 Å². The Kier molecular flexibility index (Phi) is 6.99. The summed E-state index contributed by atoms with van der Waals surface area (Å²) in [7, 11) is -3.62. The van der Waals surface area contributed by atoms with Gasteiger partial charge in [-0.2, -0.15) is 0 Å². The standard InChI is InChI=1S/C20H25N3O5S/c1-12(2)23-29(26,27)16-10-8-15(9-11-16)22-19(24)14(4)28-20(25)17-7-5-6-13(3)18(17)21/h5-12,14,23H,21H2,1-4H3,(H,22,24). The molecule has 4 N–H and O–H groups in total. The zero-order valence-electron chi connectivity index (χ0n) is 16.7. The smallest absolute Gasteiger partial charge is 0.341 e. The highest BCUT2D eigenvalue weighted by atomic mass is 32.2. The van der Waals surface area contributed by atoms with E-state index in [-0.39, 0.29) is 16.5 Å². The molecule has 1 unspecified atom stereocenters. The Labute approximate surface area is 170 Å². The van der Waals surface area contributed by atoms with Crippen molar-refractivity contribution in [2.75, 3.05) is 11.1 Å². The number of nitrogens with two attached hydrogens (primary N) is 1. The summed E-state index contributed by atoms with van der Waals surface area (Å²) in [6, 6.07) is 10.4. The first kappa shape index (κ1) is 22.4. The number of anilines is 2. The molecule has 0 radical (unpaired) electrons. The maximum Gasteiger partial charge on any atom is 0.341 e. The number of amides is 1. The molecule has 0 bridgehead atoms. The van der Waals surface area contributed by atoms with E-state index in [2.05, 4.69) is 10.0 Å². The van der Waals surface area contributed by atoms with Gasteiger partial charge in [-0.15, -0.1) is 0 Å². The summed E-state index contributed by atoms with van der Waals surface area (Å²) in [5.74, 6) is -1.25. The Bertz CT molecular complexity index is 1000. The van der Waals surface area contributed by atoms with Crippen LogP contribution in [0.25, 0.3) is 0 Å². The van der Waals surface area contributed by atoms with E-state index in [0.29, 0.717) is 11.4 Å². The summed E-state index contributed by atoms with van der Waals surface area (Å²) in [6.45, 7) is 6.64. The van der Waals surface area contributed by atoms with Crippen LogP contribution in [0.5, 0.6) is 0 Å². The quantitative estimate of drug-likeness (QED) is 0.467. The monoisotopic (exact) mass is 419 g/mol. The molecule has 1 amide bonds. The number of aryl methyl sites for hydroxylation is 1. The average Bonchev–Trinajstić information content (AvgIpc) is 2.63. The van der Waals surface area contributed by atoms with Crippen molar-refractivity contribution < 1.29 is 22.7 Å². The summed E-state index contributed by atoms with van der Waals surface area (Å²) in [4.78, 5) is 24.7. The highest BCUT2D eigenvalue weighted by Gasteiger charge is 2.21. The highest BCUT2D eigenvalue weighted by molar-refractivity contribution is 7.89. The SMILES string of the molecule is Cc1cccc(C(=O)OC(C)C(=O)Nc2ccc(S(=O)(=O)NC(C)C)cc2)c1N. The zero-order chi connectivity index (χ0) is 21.8. The van der Waals surface area contributed by atoms with Gasteiger partial charge in [-0.25, -0.2) is 17.9 Å². The van der Waals surface area contributed by atoms with Gasteiger partial charge in [0.2, 0.25) is 10.0 Å². The molecule has 0 saturated heterocycles. The van der Waals surface area contributed by atoms with E-state index >= 15 is 0 Å². The number of carbonyl (C=O) groups is 2. The van der Waals surface area contributed by atoms with E-state index in [1.165, 1.54) is 37.3 Å². The first-order chi connectivity index (χ1) is 13.5. The second kappa shape index (κ2) is 9.06. The molecular formula is C20H25N3O5S. The van der Waals surface area contributed by atoms with Crippen LogP contribution in [0.4, 0.5) is 11.4 Å². The molecule has 0 aliphatic rings. The molecule has 2 rings (SSSR count). The van der Waals surface area contributed by atoms with Crippen molar-refractivity contribution in [1.82, 2.24) is 4.72 Å². The van der Waals surface area contributed by atoms with Crippen molar-refractivity contribution in [3.8, 4) is 0 Å². The molecule has 0 heterocycles. The number of nitrogen functional groups attached to an aromatic ring is 1. The lowest BCUT2D eigenvalue weighted by atomic mass is 10.1. The molecule has 156 valence electrons. The van der Waals surface area contributed by atoms with E-state index in [1.54, 1.807) is 32.9 Å². The second-order valence-electron chi connectivity index (χ2n) is 6.87. The van der Waals surface area contributed by atoms with Crippen LogP contribution in [-0.2, 0) is 19.6 Å². The van der Waals surface area contributed by atoms with E-state index in [1.807, 2.05) is 0 Å². The van der Waals surface area contributed by atoms with E-state index in [4.69, 9.17) is 10.5 Å². The highest BCUT2D eigenvalue weighted by Crippen LogP contribution is 2.19. The number of benzene rings is 2. The number of esters is 1. The summed E-state index contributed by atoms with van der Waals surface area (Å²) >= 11 is 0. The van der Waals surface area contributed by atoms with E-state index in [0.717, 1.165) is 5.56 Å². The number of hydrogen-bond donors (Lipinski definition) is 3. The van der Waals surface area contributed by atoms with Gasteiger partial charge in [0.1, 0.15) is 0 Å². The number of ether oxygens (including phenoxy) is 1. The van der Waals surface area contributed by atoms with Gasteiger partial charge < -0.3 is 15.8 Å². The lowest BCUT2D eigenvalue weighted by Gasteiger charge is -2.15. The predicted octanol–water partition coefficient (Wildman–Crippen LogP) is 2.45. The van der Waals surface area contributed by atoms with Gasteiger partial charge >= 0.3 is 5.97 Å². The van der Waals surface area contributed by atoms with Gasteiger partial charge in [0.05, 0.1) is 10.5 Å². The third-order valence-electron chi connectivity index (χ3n) is 4.02. The maximum absolute atomic E-state index is 12.3. The lowest BCUT2D eigenvalue weighted by molar-refractivity contribution is -0.123. The third-order valence-corrected chi connectivity index (χ3v) is 5.69. The van der Waals surface area contributed by atoms with Crippen LogP contribution in [0.15, 0.2) is 47.4 Å². The molecule has 0 aliphatic carbocycles. The van der Waals surface area contributed by atoms with E-state index in [9.17, 15) is 18.0 Å². The predicted molar refractivity (Wildman–Crippen MR) is 111 cm³/mol. The molecule has 0 fully saturated rings. The first-order valence-corrected chi connectivity index (χ1v) is 10.5. The normalized spacial score (nSPS) is 12.4. The van der Waals surface area contributed by atoms with Crippen LogP contribution >= 0.6 is 0 Å². The Morgan fingerprint density at radius 3 is 2.24 bits per heavy atom. The zero-order valence-corrected chi connectivity index (χ0v) is 17.5. The minimum atomic E-state index is -3.62. The minimum Gasteiger partial charge on any atom is -0.449 e. The van der Waals surface area contributed by atoms with Crippen molar-refractivity contribution in [3.05, 3.63) is 53.6 Å². The first-order valence-electron chi connectivity index (χ1n) is 9.00. The van der Waals surface area contributed by atoms with Crippen LogP contribution in [0, 0.1) is 6.92 Å². The Hall–Kier alpha value is -2.91. The van der Waals surface area contributed by atoms with Crippen LogP contribution < -0.4 is 15.8 Å². The number of para-hydroxylation sites is 1. The summed E-state index contributed by atoms with van der Waals surface area (Å²) in [6.07, 6.45) is -1.08. The topological polar surface area (TPSA) is 128 Å². The molecule has 29 heavy (non-hydrogen) atoms. The average molecular weight is 420 g/mol. The maximum atomic E-state index is 12.3. The third kappa shape index (κ3) is 5.78. The van der Waals surface area contributed by atoms with Crippen molar-refractivity contribution in [1.29, 1.82) is 0 Å². The van der Waals surface area contributed by atoms with Gasteiger partial charge in [0, 0.05) is 17.4 Å². The summed E-state index contributed by atoms with van der Waals surface area (Å²) in [5, 5.41) is 2.58. The number of nitrogens with one attached hydrogen (secondary N) is 2. The molecule has 0 spiro atoms. The molecule has 8 nitrogen and oxygen atoms in total. The van der Waals surface area contributed by atoms with Gasteiger partial charge in [-0.05, 0) is 63.6 Å². The molecule has 0 aromatic heterocycles. The number of carbonyl (C=O) groups excluding carboxylic acids is 2. The van der Waals surface area contributed by atoms with Gasteiger partial charge in [0.15, 0.2) is 6.10 Å². The number of rotatable bonds is 7. The van der Waals surface area contributed by atoms with Crippen LogP contribution in [0.3, 0.4) is 0 Å². The van der Waals surface area contributed by atoms with Gasteiger partial charge in [0.25, 0.3) is 5.91 Å². The number of hydrogen-bond acceptors (Lipinski definition) is 6. The Morgan fingerprint density at radius 2 is 1.66 bits per heavy atom. The Morgan fingerprint density at radius 1 is 1.03 bits per heavy atom. The van der Waals surface area contributed by atoms with Gasteiger partial charge in [-0.3, -0.25) is 4.79 Å². The molecule has 0 aliphatic heterocycles. The Balaban J connectivity index is 2.02. The number of sulfonamides is 1. The van der Waals surface area contributed by atoms with E-state index < -0.39 is 28.0 Å². The van der Waals surface area contributed by atoms with Crippen LogP contribution in [0.2, 0.25) is 0 Å². The van der Waals surface area contributed by atoms with Gasteiger partial charge in [-0.1, -0.05) is 12.1 Å². The largest absolute Gasteiger partial charge is 0.449 e. The molecule has 1 atom stereocenters. The minimum absolute atomic E-state index is 0.0820. The fourth-order valence-electron chi connectivity index (χ4n) is 2.48. The lowest BCUT2D eigenvalue weighted by Crippen LogP contribution is -2.31. The fourth-order valence-corrected chi connectivity index (χ4v) is 3.73. The summed E-state index contributed by atoms with van der Waals surface area (Å²) in [5.41, 5.74) is 7.48. The molecular weight excluding hydrogens is 394 g/mol. The molecule has 0 saturated carbocycles.